The molecule has 0 fully saturated rings. The predicted molar refractivity (Wildman–Crippen MR) is 91.3 cm³/mol. The van der Waals surface area contributed by atoms with Crippen LogP contribution in [0.5, 0.6) is 5.75 Å². The summed E-state index contributed by atoms with van der Waals surface area (Å²) in [6.45, 7) is 0. The van der Waals surface area contributed by atoms with Crippen molar-refractivity contribution in [2.75, 3.05) is 17.7 Å². The maximum atomic E-state index is 12.8. The van der Waals surface area contributed by atoms with E-state index in [-0.39, 0.29) is 5.69 Å². The van der Waals surface area contributed by atoms with Gasteiger partial charge < -0.3 is 15.4 Å². The zero-order chi connectivity index (χ0) is 19.3. The van der Waals surface area contributed by atoms with Crippen LogP contribution in [-0.2, 0) is 15.8 Å². The predicted octanol–water partition coefficient (Wildman–Crippen LogP) is 4.33. The average molecular weight is 387 g/mol. The molecule has 2 rings (SSSR count). The van der Waals surface area contributed by atoms with Gasteiger partial charge in [0, 0.05) is 11.4 Å². The SMILES string of the molecule is COc1ccc(NC(=O)CC(=O)Nc2ccc(Cl)c(C(F)(F)F)c2)cc1. The maximum absolute atomic E-state index is 12.8. The molecule has 0 aliphatic rings. The monoisotopic (exact) mass is 386 g/mol. The van der Waals surface area contributed by atoms with E-state index in [1.165, 1.54) is 13.2 Å². The number of alkyl halides is 3. The van der Waals surface area contributed by atoms with E-state index in [1.807, 2.05) is 0 Å². The molecule has 0 spiro atoms. The van der Waals surface area contributed by atoms with Crippen molar-refractivity contribution in [3.8, 4) is 5.75 Å². The molecule has 5 nitrogen and oxygen atoms in total. The van der Waals surface area contributed by atoms with Crippen LogP contribution >= 0.6 is 11.6 Å². The first-order valence-corrected chi connectivity index (χ1v) is 7.67. The van der Waals surface area contributed by atoms with Crippen LogP contribution in [0.1, 0.15) is 12.0 Å². The topological polar surface area (TPSA) is 67.4 Å². The highest BCUT2D eigenvalue weighted by Crippen LogP contribution is 2.36. The lowest BCUT2D eigenvalue weighted by Crippen LogP contribution is -2.21. The van der Waals surface area contributed by atoms with E-state index in [4.69, 9.17) is 16.3 Å². The van der Waals surface area contributed by atoms with Gasteiger partial charge in [0.25, 0.3) is 0 Å². The molecule has 2 N–H and O–H groups in total. The number of benzene rings is 2. The lowest BCUT2D eigenvalue weighted by atomic mass is 10.2. The molecular formula is C17H14ClF3N2O3. The van der Waals surface area contributed by atoms with E-state index in [0.717, 1.165) is 6.07 Å². The molecular weight excluding hydrogens is 373 g/mol. The highest BCUT2D eigenvalue weighted by molar-refractivity contribution is 6.31. The highest BCUT2D eigenvalue weighted by atomic mass is 35.5. The Labute approximate surface area is 152 Å². The van der Waals surface area contributed by atoms with E-state index in [9.17, 15) is 22.8 Å². The third kappa shape index (κ3) is 5.38. The summed E-state index contributed by atoms with van der Waals surface area (Å²) < 4.78 is 43.4. The second-order valence-corrected chi connectivity index (χ2v) is 5.60. The Morgan fingerprint density at radius 2 is 1.54 bits per heavy atom. The minimum Gasteiger partial charge on any atom is -0.497 e. The van der Waals surface area contributed by atoms with Gasteiger partial charge >= 0.3 is 6.18 Å². The molecule has 0 unspecified atom stereocenters. The van der Waals surface area contributed by atoms with Crippen molar-refractivity contribution in [2.45, 2.75) is 12.6 Å². The van der Waals surface area contributed by atoms with Crippen LogP contribution in [0, 0.1) is 0 Å². The third-order valence-electron chi connectivity index (χ3n) is 3.25. The minimum atomic E-state index is -4.65. The Kier molecular flexibility index (Phi) is 6.10. The fraction of sp³-hybridized carbons (Fsp3) is 0.176. The quantitative estimate of drug-likeness (QED) is 0.751. The zero-order valence-corrected chi connectivity index (χ0v) is 14.2. The van der Waals surface area contributed by atoms with Gasteiger partial charge in [-0.25, -0.2) is 0 Å². The Balaban J connectivity index is 1.96. The van der Waals surface area contributed by atoms with Gasteiger partial charge in [-0.2, -0.15) is 13.2 Å². The number of methoxy groups -OCH3 is 1. The van der Waals surface area contributed by atoms with Crippen molar-refractivity contribution in [1.29, 1.82) is 0 Å². The zero-order valence-electron chi connectivity index (χ0n) is 13.5. The number of anilines is 2. The summed E-state index contributed by atoms with van der Waals surface area (Å²) in [6, 6.07) is 9.38. The van der Waals surface area contributed by atoms with Gasteiger partial charge in [-0.05, 0) is 42.5 Å². The molecule has 0 radical (unpaired) electrons. The van der Waals surface area contributed by atoms with E-state index in [1.54, 1.807) is 24.3 Å². The van der Waals surface area contributed by atoms with Crippen molar-refractivity contribution in [1.82, 2.24) is 0 Å². The molecule has 0 aliphatic carbocycles. The number of hydrogen-bond acceptors (Lipinski definition) is 3. The van der Waals surface area contributed by atoms with Gasteiger partial charge in [0.15, 0.2) is 0 Å². The molecule has 0 saturated carbocycles. The molecule has 0 bridgehead atoms. The largest absolute Gasteiger partial charge is 0.497 e. The number of nitrogens with one attached hydrogen (secondary N) is 2. The Bertz CT molecular complexity index is 808. The number of rotatable bonds is 5. The van der Waals surface area contributed by atoms with Crippen LogP contribution in [0.4, 0.5) is 24.5 Å². The number of hydrogen-bond donors (Lipinski definition) is 2. The van der Waals surface area contributed by atoms with Crippen LogP contribution in [0.15, 0.2) is 42.5 Å². The van der Waals surface area contributed by atoms with Crippen molar-refractivity contribution in [3.63, 3.8) is 0 Å². The molecule has 9 heteroatoms. The average Bonchev–Trinajstić information content (AvgIpc) is 2.56. The summed E-state index contributed by atoms with van der Waals surface area (Å²) in [4.78, 5) is 23.7. The van der Waals surface area contributed by atoms with E-state index < -0.39 is 35.0 Å². The first-order chi connectivity index (χ1) is 12.2. The number of amides is 2. The van der Waals surface area contributed by atoms with Crippen LogP contribution in [0.25, 0.3) is 0 Å². The van der Waals surface area contributed by atoms with Crippen molar-refractivity contribution < 1.29 is 27.5 Å². The third-order valence-corrected chi connectivity index (χ3v) is 3.58. The number of halogens is 4. The molecule has 0 atom stereocenters. The fourth-order valence-corrected chi connectivity index (χ4v) is 2.28. The van der Waals surface area contributed by atoms with Crippen molar-refractivity contribution in [2.24, 2.45) is 0 Å². The van der Waals surface area contributed by atoms with Gasteiger partial charge in [0.05, 0.1) is 17.7 Å². The lowest BCUT2D eigenvalue weighted by molar-refractivity contribution is -0.137. The summed E-state index contributed by atoms with van der Waals surface area (Å²) in [5, 5.41) is 4.26. The van der Waals surface area contributed by atoms with Crippen molar-refractivity contribution >= 4 is 34.8 Å². The summed E-state index contributed by atoms with van der Waals surface area (Å²) >= 11 is 5.51. The molecule has 0 aromatic heterocycles. The molecule has 0 saturated heterocycles. The van der Waals surface area contributed by atoms with Gasteiger partial charge in [0.2, 0.25) is 11.8 Å². The summed E-state index contributed by atoms with van der Waals surface area (Å²) in [6.07, 6.45) is -5.21. The first kappa shape index (κ1) is 19.6. The lowest BCUT2D eigenvalue weighted by Gasteiger charge is -2.12. The Morgan fingerprint density at radius 1 is 1.00 bits per heavy atom. The Hall–Kier alpha value is -2.74. The van der Waals surface area contributed by atoms with E-state index in [0.29, 0.717) is 17.5 Å². The van der Waals surface area contributed by atoms with E-state index >= 15 is 0 Å². The number of carbonyl (C=O) groups excluding carboxylic acids is 2. The molecule has 0 aliphatic heterocycles. The smallest absolute Gasteiger partial charge is 0.417 e. The van der Waals surface area contributed by atoms with Crippen LogP contribution in [0.2, 0.25) is 5.02 Å². The van der Waals surface area contributed by atoms with Gasteiger partial charge in [-0.3, -0.25) is 9.59 Å². The molecule has 0 heterocycles. The summed E-state index contributed by atoms with van der Waals surface area (Å²) in [7, 11) is 1.50. The molecule has 26 heavy (non-hydrogen) atoms. The van der Waals surface area contributed by atoms with Crippen LogP contribution in [0.3, 0.4) is 0 Å². The highest BCUT2D eigenvalue weighted by Gasteiger charge is 2.33. The van der Waals surface area contributed by atoms with Crippen LogP contribution in [-0.4, -0.2) is 18.9 Å². The standard InChI is InChI=1S/C17H14ClF3N2O3/c1-26-12-5-2-10(3-6-12)22-15(24)9-16(25)23-11-4-7-14(18)13(8-11)17(19,20)21/h2-8H,9H2,1H3,(H,22,24)(H,23,25). The van der Waals surface area contributed by atoms with Gasteiger partial charge in [0.1, 0.15) is 12.2 Å². The van der Waals surface area contributed by atoms with E-state index in [2.05, 4.69) is 10.6 Å². The summed E-state index contributed by atoms with van der Waals surface area (Å²) in [5.41, 5.74) is -0.724. The number of ether oxygens (including phenoxy) is 1. The molecule has 2 amide bonds. The number of carbonyl (C=O) groups is 2. The molecule has 138 valence electrons. The minimum absolute atomic E-state index is 0.107. The normalized spacial score (nSPS) is 11.0. The fourth-order valence-electron chi connectivity index (χ4n) is 2.05. The molecule has 2 aromatic rings. The van der Waals surface area contributed by atoms with Gasteiger partial charge in [-0.15, -0.1) is 0 Å². The summed E-state index contributed by atoms with van der Waals surface area (Å²) in [5.74, 6) is -0.770. The second kappa shape index (κ2) is 8.09. The molecule has 2 aromatic carbocycles. The second-order valence-electron chi connectivity index (χ2n) is 5.19. The van der Waals surface area contributed by atoms with Gasteiger partial charge in [-0.1, -0.05) is 11.6 Å². The maximum Gasteiger partial charge on any atom is 0.417 e. The van der Waals surface area contributed by atoms with Crippen molar-refractivity contribution in [3.05, 3.63) is 53.1 Å². The van der Waals surface area contributed by atoms with Crippen LogP contribution < -0.4 is 15.4 Å². The Morgan fingerprint density at radius 3 is 2.08 bits per heavy atom. The first-order valence-electron chi connectivity index (χ1n) is 7.29.